The van der Waals surface area contributed by atoms with Crippen LogP contribution in [0.1, 0.15) is 32.3 Å². The Labute approximate surface area is 135 Å². The van der Waals surface area contributed by atoms with E-state index in [1.54, 1.807) is 19.9 Å². The number of nitrogens with zero attached hydrogens (tertiary/aromatic N) is 2. The normalized spacial score (nSPS) is 20.3. The van der Waals surface area contributed by atoms with Crippen molar-refractivity contribution in [3.63, 3.8) is 0 Å². The van der Waals surface area contributed by atoms with Gasteiger partial charge in [0.15, 0.2) is 0 Å². The number of carbonyl (C=O) groups excluding carboxylic acids is 2. The monoisotopic (exact) mass is 319 g/mol. The van der Waals surface area contributed by atoms with Crippen molar-refractivity contribution >= 4 is 11.9 Å². The lowest BCUT2D eigenvalue weighted by Crippen LogP contribution is -2.42. The quantitative estimate of drug-likeness (QED) is 0.817. The summed E-state index contributed by atoms with van der Waals surface area (Å²) >= 11 is 0. The molecule has 1 saturated heterocycles. The Morgan fingerprint density at radius 3 is 2.65 bits per heavy atom. The molecule has 0 spiro atoms. The van der Waals surface area contributed by atoms with Crippen LogP contribution in [0.3, 0.4) is 0 Å². The second kappa shape index (κ2) is 5.92. The molecule has 1 aliphatic heterocycles. The van der Waals surface area contributed by atoms with Gasteiger partial charge in [0.05, 0.1) is 0 Å². The van der Waals surface area contributed by atoms with E-state index in [0.717, 1.165) is 18.4 Å². The van der Waals surface area contributed by atoms with Gasteiger partial charge in [-0.2, -0.15) is 0 Å². The fourth-order valence-electron chi connectivity index (χ4n) is 2.95. The zero-order valence-electron chi connectivity index (χ0n) is 13.5. The second-order valence-corrected chi connectivity index (χ2v) is 6.84. The minimum absolute atomic E-state index is 0.191. The maximum absolute atomic E-state index is 13.3. The van der Waals surface area contributed by atoms with Gasteiger partial charge >= 0.3 is 6.03 Å². The summed E-state index contributed by atoms with van der Waals surface area (Å²) in [7, 11) is 0. The Balaban J connectivity index is 1.62. The zero-order valence-corrected chi connectivity index (χ0v) is 13.5. The molecule has 0 aromatic heterocycles. The highest BCUT2D eigenvalue weighted by Crippen LogP contribution is 2.28. The number of hydrogen-bond donors (Lipinski definition) is 1. The van der Waals surface area contributed by atoms with E-state index in [9.17, 15) is 14.0 Å². The molecule has 1 saturated carbocycles. The van der Waals surface area contributed by atoms with Crippen LogP contribution in [-0.2, 0) is 11.3 Å². The van der Waals surface area contributed by atoms with Crippen molar-refractivity contribution in [3.05, 3.63) is 35.6 Å². The number of imide groups is 1. The fourth-order valence-corrected chi connectivity index (χ4v) is 2.95. The molecular formula is C17H22FN3O2. The van der Waals surface area contributed by atoms with Crippen molar-refractivity contribution in [1.82, 2.24) is 15.1 Å². The Bertz CT molecular complexity index is 628. The third-order valence-corrected chi connectivity index (χ3v) is 4.39. The van der Waals surface area contributed by atoms with Gasteiger partial charge in [0, 0.05) is 25.7 Å². The molecule has 1 aliphatic carbocycles. The summed E-state index contributed by atoms with van der Waals surface area (Å²) in [6, 6.07) is 6.70. The van der Waals surface area contributed by atoms with Crippen LogP contribution in [0.15, 0.2) is 24.3 Å². The molecule has 23 heavy (non-hydrogen) atoms. The van der Waals surface area contributed by atoms with Gasteiger partial charge in [0.25, 0.3) is 5.91 Å². The maximum Gasteiger partial charge on any atom is 0.325 e. The van der Waals surface area contributed by atoms with E-state index < -0.39 is 5.54 Å². The van der Waals surface area contributed by atoms with Gasteiger partial charge in [-0.3, -0.25) is 14.6 Å². The topological polar surface area (TPSA) is 52.7 Å². The maximum atomic E-state index is 13.3. The number of benzene rings is 1. The van der Waals surface area contributed by atoms with E-state index >= 15 is 0 Å². The molecule has 5 nitrogen and oxygen atoms in total. The number of halogens is 1. The summed E-state index contributed by atoms with van der Waals surface area (Å²) in [5.74, 6) is -0.432. The number of nitrogens with one attached hydrogen (secondary N) is 1. The van der Waals surface area contributed by atoms with E-state index in [4.69, 9.17) is 0 Å². The minimum atomic E-state index is -0.829. The predicted octanol–water partition coefficient (Wildman–Crippen LogP) is 2.12. The van der Waals surface area contributed by atoms with E-state index in [2.05, 4.69) is 10.2 Å². The molecule has 1 N–H and O–H groups in total. The standard InChI is InChI=1S/C17H22FN3O2/c1-17(2)15(22)21(16(23)19-17)9-8-20(14-6-7-14)11-12-4-3-5-13(18)10-12/h3-5,10,14H,6-9,11H2,1-2H3,(H,19,23). The van der Waals surface area contributed by atoms with Gasteiger partial charge < -0.3 is 5.32 Å². The van der Waals surface area contributed by atoms with Crippen LogP contribution < -0.4 is 5.32 Å². The zero-order chi connectivity index (χ0) is 16.6. The number of rotatable bonds is 6. The third-order valence-electron chi connectivity index (χ3n) is 4.39. The molecule has 3 amide bonds. The van der Waals surface area contributed by atoms with E-state index in [1.165, 1.54) is 17.0 Å². The van der Waals surface area contributed by atoms with Crippen molar-refractivity contribution in [2.75, 3.05) is 13.1 Å². The Hall–Kier alpha value is -1.95. The summed E-state index contributed by atoms with van der Waals surface area (Å²) in [6.07, 6.45) is 2.22. The minimum Gasteiger partial charge on any atom is -0.324 e. The van der Waals surface area contributed by atoms with Crippen molar-refractivity contribution in [2.45, 2.75) is 44.8 Å². The first-order valence-corrected chi connectivity index (χ1v) is 7.99. The summed E-state index contributed by atoms with van der Waals surface area (Å²) in [5, 5.41) is 2.69. The van der Waals surface area contributed by atoms with Crippen LogP contribution in [-0.4, -0.2) is 46.4 Å². The first-order valence-electron chi connectivity index (χ1n) is 7.99. The SMILES string of the molecule is CC1(C)NC(=O)N(CCN(Cc2cccc(F)c2)C2CC2)C1=O. The Kier molecular flexibility index (Phi) is 4.10. The molecule has 2 fully saturated rings. The second-order valence-electron chi connectivity index (χ2n) is 6.84. The van der Waals surface area contributed by atoms with Gasteiger partial charge in [-0.05, 0) is 44.4 Å². The highest BCUT2D eigenvalue weighted by Gasteiger charge is 2.44. The van der Waals surface area contributed by atoms with Crippen LogP contribution in [0.2, 0.25) is 0 Å². The molecule has 6 heteroatoms. The van der Waals surface area contributed by atoms with Gasteiger partial charge in [0.1, 0.15) is 11.4 Å². The molecular weight excluding hydrogens is 297 g/mol. The Morgan fingerprint density at radius 1 is 1.35 bits per heavy atom. The molecule has 0 unspecified atom stereocenters. The van der Waals surface area contributed by atoms with Crippen molar-refractivity contribution < 1.29 is 14.0 Å². The number of amides is 3. The van der Waals surface area contributed by atoms with Gasteiger partial charge in [0.2, 0.25) is 0 Å². The molecule has 124 valence electrons. The van der Waals surface area contributed by atoms with Gasteiger partial charge in [-0.25, -0.2) is 9.18 Å². The highest BCUT2D eigenvalue weighted by atomic mass is 19.1. The molecule has 0 bridgehead atoms. The van der Waals surface area contributed by atoms with Crippen LogP contribution in [0.25, 0.3) is 0 Å². The molecule has 1 aromatic rings. The van der Waals surface area contributed by atoms with Crippen LogP contribution in [0, 0.1) is 5.82 Å². The lowest BCUT2D eigenvalue weighted by atomic mass is 10.1. The van der Waals surface area contributed by atoms with Crippen LogP contribution in [0.4, 0.5) is 9.18 Å². The van der Waals surface area contributed by atoms with Crippen LogP contribution >= 0.6 is 0 Å². The van der Waals surface area contributed by atoms with Crippen molar-refractivity contribution in [3.8, 4) is 0 Å². The molecule has 2 aliphatic rings. The number of hydrogen-bond acceptors (Lipinski definition) is 3. The van der Waals surface area contributed by atoms with Crippen LogP contribution in [0.5, 0.6) is 0 Å². The first-order chi connectivity index (χ1) is 10.9. The summed E-state index contributed by atoms with van der Waals surface area (Å²) in [4.78, 5) is 27.6. The first kappa shape index (κ1) is 15.9. The summed E-state index contributed by atoms with van der Waals surface area (Å²) in [5.41, 5.74) is 0.0822. The predicted molar refractivity (Wildman–Crippen MR) is 84.2 cm³/mol. The molecule has 3 rings (SSSR count). The fraction of sp³-hybridized carbons (Fsp3) is 0.529. The molecule has 0 radical (unpaired) electrons. The van der Waals surface area contributed by atoms with Gasteiger partial charge in [-0.15, -0.1) is 0 Å². The molecule has 0 atom stereocenters. The van der Waals surface area contributed by atoms with Gasteiger partial charge in [-0.1, -0.05) is 12.1 Å². The number of urea groups is 1. The van der Waals surface area contributed by atoms with E-state index in [-0.39, 0.29) is 17.8 Å². The Morgan fingerprint density at radius 2 is 2.09 bits per heavy atom. The lowest BCUT2D eigenvalue weighted by molar-refractivity contribution is -0.130. The van der Waals surface area contributed by atoms with E-state index in [1.807, 2.05) is 6.07 Å². The summed E-state index contributed by atoms with van der Waals surface area (Å²) in [6.45, 7) is 5.02. The average Bonchev–Trinajstić information content (AvgIpc) is 3.27. The molecule has 1 heterocycles. The van der Waals surface area contributed by atoms with Crippen molar-refractivity contribution in [2.24, 2.45) is 0 Å². The highest BCUT2D eigenvalue weighted by molar-refractivity contribution is 6.06. The largest absolute Gasteiger partial charge is 0.325 e. The molecule has 1 aromatic carbocycles. The smallest absolute Gasteiger partial charge is 0.324 e. The summed E-state index contributed by atoms with van der Waals surface area (Å²) < 4.78 is 13.3. The lowest BCUT2D eigenvalue weighted by Gasteiger charge is -2.24. The third kappa shape index (κ3) is 3.52. The van der Waals surface area contributed by atoms with E-state index in [0.29, 0.717) is 25.7 Å². The average molecular weight is 319 g/mol. The van der Waals surface area contributed by atoms with Crippen molar-refractivity contribution in [1.29, 1.82) is 0 Å². The number of carbonyl (C=O) groups is 2.